The summed E-state index contributed by atoms with van der Waals surface area (Å²) in [7, 11) is 1.58. The van der Waals surface area contributed by atoms with Crippen molar-refractivity contribution in [2.24, 2.45) is 0 Å². The number of aliphatic hydroxyl groups excluding tert-OH is 1. The van der Waals surface area contributed by atoms with Gasteiger partial charge in [-0.1, -0.05) is 6.07 Å². The van der Waals surface area contributed by atoms with Crippen molar-refractivity contribution >= 4 is 17.4 Å². The summed E-state index contributed by atoms with van der Waals surface area (Å²) >= 11 is 0. The number of amides is 1. The number of benzene rings is 1. The van der Waals surface area contributed by atoms with Gasteiger partial charge in [-0.2, -0.15) is 0 Å². The fourth-order valence-electron chi connectivity index (χ4n) is 3.74. The fraction of sp³-hybridized carbons (Fsp3) is 0.375. The van der Waals surface area contributed by atoms with Gasteiger partial charge in [-0.3, -0.25) is 14.6 Å². The lowest BCUT2D eigenvalue weighted by molar-refractivity contribution is -0.140. The molecule has 1 aromatic heterocycles. The lowest BCUT2D eigenvalue weighted by Gasteiger charge is -2.26. The molecule has 1 atom stereocenters. The molecule has 0 aliphatic carbocycles. The van der Waals surface area contributed by atoms with E-state index in [0.717, 1.165) is 0 Å². The van der Waals surface area contributed by atoms with Crippen LogP contribution in [0.1, 0.15) is 37.4 Å². The number of carbonyl (C=O) groups excluding carboxylic acids is 2. The molecule has 1 fully saturated rings. The molecule has 0 spiro atoms. The summed E-state index contributed by atoms with van der Waals surface area (Å²) in [6, 6.07) is 7.71. The molecule has 1 aromatic carbocycles. The average molecular weight is 440 g/mol. The SMILES string of the molecule is CCOc1ccc(C2/C(=C(\O)c3ccncc3)C(=O)C(=O)N2CCCOC)cc1OCC. The van der Waals surface area contributed by atoms with Crippen LogP contribution in [0.3, 0.4) is 0 Å². The van der Waals surface area contributed by atoms with Crippen molar-refractivity contribution < 1.29 is 28.9 Å². The Balaban J connectivity index is 2.14. The van der Waals surface area contributed by atoms with Crippen LogP contribution in [-0.4, -0.2) is 60.2 Å². The van der Waals surface area contributed by atoms with Gasteiger partial charge in [0, 0.05) is 38.2 Å². The number of hydrogen-bond donors (Lipinski definition) is 1. The number of pyridine rings is 1. The molecule has 0 saturated carbocycles. The maximum Gasteiger partial charge on any atom is 0.295 e. The smallest absolute Gasteiger partial charge is 0.295 e. The Hall–Kier alpha value is -3.39. The molecule has 0 radical (unpaired) electrons. The van der Waals surface area contributed by atoms with Crippen molar-refractivity contribution in [2.75, 3.05) is 33.5 Å². The summed E-state index contributed by atoms with van der Waals surface area (Å²) in [6.45, 7) is 5.37. The van der Waals surface area contributed by atoms with Crippen LogP contribution in [0.5, 0.6) is 11.5 Å². The monoisotopic (exact) mass is 440 g/mol. The standard InChI is InChI=1S/C24H28N2O6/c1-4-31-18-8-7-17(15-19(18)32-5-2)21-20(22(27)16-9-11-25-12-10-16)23(28)24(29)26(21)13-6-14-30-3/h7-12,15,21,27H,4-6,13-14H2,1-3H3/b22-20+. The maximum absolute atomic E-state index is 13.0. The van der Waals surface area contributed by atoms with Crippen molar-refractivity contribution in [2.45, 2.75) is 26.3 Å². The molecule has 0 bridgehead atoms. The first-order chi connectivity index (χ1) is 15.5. The van der Waals surface area contributed by atoms with Gasteiger partial charge >= 0.3 is 0 Å². The first-order valence-corrected chi connectivity index (χ1v) is 10.6. The van der Waals surface area contributed by atoms with Crippen molar-refractivity contribution in [1.82, 2.24) is 9.88 Å². The highest BCUT2D eigenvalue weighted by Gasteiger charge is 2.46. The number of likely N-dealkylation sites (tertiary alicyclic amines) is 1. The van der Waals surface area contributed by atoms with Crippen LogP contribution in [0.2, 0.25) is 0 Å². The summed E-state index contributed by atoms with van der Waals surface area (Å²) in [5, 5.41) is 11.0. The number of carbonyl (C=O) groups is 2. The highest BCUT2D eigenvalue weighted by Crippen LogP contribution is 2.42. The minimum atomic E-state index is -0.769. The topological polar surface area (TPSA) is 98.2 Å². The van der Waals surface area contributed by atoms with Gasteiger partial charge in [0.25, 0.3) is 11.7 Å². The molecule has 8 nitrogen and oxygen atoms in total. The Morgan fingerprint density at radius 1 is 1.06 bits per heavy atom. The average Bonchev–Trinajstić information content (AvgIpc) is 3.06. The molecule has 1 unspecified atom stereocenters. The van der Waals surface area contributed by atoms with Crippen LogP contribution in [0.15, 0.2) is 48.3 Å². The number of methoxy groups -OCH3 is 1. The van der Waals surface area contributed by atoms with E-state index >= 15 is 0 Å². The minimum Gasteiger partial charge on any atom is -0.507 e. The van der Waals surface area contributed by atoms with E-state index in [0.29, 0.717) is 55.4 Å². The summed E-state index contributed by atoms with van der Waals surface area (Å²) < 4.78 is 16.5. The number of rotatable bonds is 10. The molecular weight excluding hydrogens is 412 g/mol. The molecule has 1 saturated heterocycles. The molecule has 8 heteroatoms. The molecule has 1 aliphatic rings. The summed E-state index contributed by atoms with van der Waals surface area (Å²) in [5.41, 5.74) is 1.09. The van der Waals surface area contributed by atoms with Crippen LogP contribution in [0.25, 0.3) is 5.76 Å². The second-order valence-electron chi connectivity index (χ2n) is 7.15. The second kappa shape index (κ2) is 10.8. The van der Waals surface area contributed by atoms with Crippen LogP contribution < -0.4 is 9.47 Å². The van der Waals surface area contributed by atoms with Crippen molar-refractivity contribution in [1.29, 1.82) is 0 Å². The van der Waals surface area contributed by atoms with Crippen LogP contribution >= 0.6 is 0 Å². The minimum absolute atomic E-state index is 0.0326. The molecule has 170 valence electrons. The molecule has 1 aliphatic heterocycles. The molecule has 32 heavy (non-hydrogen) atoms. The van der Waals surface area contributed by atoms with E-state index in [1.165, 1.54) is 17.3 Å². The van der Waals surface area contributed by atoms with Gasteiger partial charge in [-0.15, -0.1) is 0 Å². The Morgan fingerprint density at radius 3 is 2.41 bits per heavy atom. The molecule has 2 aromatic rings. The first-order valence-electron chi connectivity index (χ1n) is 10.6. The second-order valence-corrected chi connectivity index (χ2v) is 7.15. The van der Waals surface area contributed by atoms with E-state index in [9.17, 15) is 14.7 Å². The van der Waals surface area contributed by atoms with Gasteiger partial charge in [0.15, 0.2) is 11.5 Å². The van der Waals surface area contributed by atoms with Crippen LogP contribution in [0.4, 0.5) is 0 Å². The summed E-state index contributed by atoms with van der Waals surface area (Å²) in [4.78, 5) is 31.4. The van der Waals surface area contributed by atoms with Gasteiger partial charge in [-0.05, 0) is 50.1 Å². The third-order valence-corrected chi connectivity index (χ3v) is 5.12. The Kier molecular flexibility index (Phi) is 7.83. The third-order valence-electron chi connectivity index (χ3n) is 5.12. The van der Waals surface area contributed by atoms with Gasteiger partial charge in [-0.25, -0.2) is 0 Å². The zero-order valence-electron chi connectivity index (χ0n) is 18.5. The van der Waals surface area contributed by atoms with Gasteiger partial charge in [0.2, 0.25) is 0 Å². The fourth-order valence-corrected chi connectivity index (χ4v) is 3.74. The molecule has 1 N–H and O–H groups in total. The number of nitrogens with zero attached hydrogens (tertiary/aromatic N) is 2. The van der Waals surface area contributed by atoms with Crippen LogP contribution in [-0.2, 0) is 14.3 Å². The van der Waals surface area contributed by atoms with E-state index in [1.54, 1.807) is 37.4 Å². The number of Topliss-reactive ketones (excluding diaryl/α,β-unsaturated/α-hetero) is 1. The predicted molar refractivity (Wildman–Crippen MR) is 119 cm³/mol. The Labute approximate surface area is 187 Å². The van der Waals surface area contributed by atoms with Crippen molar-refractivity contribution in [3.63, 3.8) is 0 Å². The number of hydrogen-bond acceptors (Lipinski definition) is 7. The van der Waals surface area contributed by atoms with Crippen molar-refractivity contribution in [3.8, 4) is 11.5 Å². The first kappa shape index (κ1) is 23.3. The summed E-state index contributed by atoms with van der Waals surface area (Å²) in [5.74, 6) is -0.541. The molecule has 1 amide bonds. The number of aliphatic hydroxyl groups is 1. The lowest BCUT2D eigenvalue weighted by atomic mass is 9.95. The maximum atomic E-state index is 13.0. The van der Waals surface area contributed by atoms with Crippen LogP contribution in [0, 0.1) is 0 Å². The van der Waals surface area contributed by atoms with Gasteiger partial charge in [0.05, 0.1) is 24.8 Å². The molecule has 3 rings (SSSR count). The zero-order valence-corrected chi connectivity index (χ0v) is 18.5. The quantitative estimate of drug-likeness (QED) is 0.262. The van der Waals surface area contributed by atoms with Gasteiger partial charge < -0.3 is 24.2 Å². The van der Waals surface area contributed by atoms with E-state index in [4.69, 9.17) is 14.2 Å². The number of aromatic nitrogens is 1. The Morgan fingerprint density at radius 2 is 1.75 bits per heavy atom. The van der Waals surface area contributed by atoms with E-state index in [-0.39, 0.29) is 11.3 Å². The zero-order chi connectivity index (χ0) is 23.1. The van der Waals surface area contributed by atoms with E-state index < -0.39 is 17.7 Å². The third kappa shape index (κ3) is 4.75. The number of ether oxygens (including phenoxy) is 3. The molecule has 2 heterocycles. The highest BCUT2D eigenvalue weighted by atomic mass is 16.5. The number of ketones is 1. The predicted octanol–water partition coefficient (Wildman–Crippen LogP) is 3.34. The highest BCUT2D eigenvalue weighted by molar-refractivity contribution is 6.46. The van der Waals surface area contributed by atoms with Crippen molar-refractivity contribution in [3.05, 3.63) is 59.4 Å². The lowest BCUT2D eigenvalue weighted by Crippen LogP contribution is -2.31. The largest absolute Gasteiger partial charge is 0.507 e. The summed E-state index contributed by atoms with van der Waals surface area (Å²) in [6.07, 6.45) is 3.58. The molecular formula is C24H28N2O6. The Bertz CT molecular complexity index is 989. The van der Waals surface area contributed by atoms with E-state index in [2.05, 4.69) is 4.98 Å². The van der Waals surface area contributed by atoms with E-state index in [1.807, 2.05) is 13.8 Å². The normalized spacial score (nSPS) is 17.6. The van der Waals surface area contributed by atoms with Gasteiger partial charge in [0.1, 0.15) is 5.76 Å².